The first kappa shape index (κ1) is 22.2. The molecule has 5 nitrogen and oxygen atoms in total. The minimum atomic E-state index is -2.90. The van der Waals surface area contributed by atoms with Gasteiger partial charge in [-0.05, 0) is 32.6 Å². The van der Waals surface area contributed by atoms with E-state index in [1.165, 1.54) is 31.9 Å². The summed E-state index contributed by atoms with van der Waals surface area (Å²) in [5.74, 6) is 1.79. The van der Waals surface area contributed by atoms with Crippen LogP contribution in [0, 0.1) is 5.92 Å². The van der Waals surface area contributed by atoms with Crippen LogP contribution in [-0.2, 0) is 9.84 Å². The Bertz CT molecular complexity index is 420. The SMILES string of the molecule is CCNC(=NCCCCCCC(C)C)NC(C)CCS(C)(=O)=O. The quantitative estimate of drug-likeness (QED) is 0.323. The summed E-state index contributed by atoms with van der Waals surface area (Å²) in [4.78, 5) is 4.58. The molecule has 6 heteroatoms. The summed E-state index contributed by atoms with van der Waals surface area (Å²) in [5, 5.41) is 6.50. The fraction of sp³-hybridized carbons (Fsp3) is 0.941. The van der Waals surface area contributed by atoms with Gasteiger partial charge in [-0.3, -0.25) is 4.99 Å². The highest BCUT2D eigenvalue weighted by Gasteiger charge is 2.09. The van der Waals surface area contributed by atoms with E-state index in [1.807, 2.05) is 13.8 Å². The van der Waals surface area contributed by atoms with Crippen LogP contribution in [0.25, 0.3) is 0 Å². The van der Waals surface area contributed by atoms with E-state index in [-0.39, 0.29) is 11.8 Å². The van der Waals surface area contributed by atoms with Crippen molar-refractivity contribution in [3.05, 3.63) is 0 Å². The Labute approximate surface area is 143 Å². The standard InChI is InChI=1S/C17H37N3O2S/c1-6-18-17(20-16(4)12-14-23(5,21)22)19-13-10-8-7-9-11-15(2)3/h15-16H,6-14H2,1-5H3,(H2,18,19,20). The minimum absolute atomic E-state index is 0.0913. The molecule has 0 aliphatic carbocycles. The molecule has 0 saturated carbocycles. The Morgan fingerprint density at radius 1 is 1.04 bits per heavy atom. The number of hydrogen-bond acceptors (Lipinski definition) is 3. The maximum Gasteiger partial charge on any atom is 0.191 e. The van der Waals surface area contributed by atoms with Crippen molar-refractivity contribution in [2.75, 3.05) is 25.1 Å². The van der Waals surface area contributed by atoms with E-state index in [4.69, 9.17) is 0 Å². The van der Waals surface area contributed by atoms with Gasteiger partial charge in [0.25, 0.3) is 0 Å². The van der Waals surface area contributed by atoms with Crippen LogP contribution in [0.4, 0.5) is 0 Å². The second-order valence-corrected chi connectivity index (χ2v) is 9.08. The second-order valence-electron chi connectivity index (χ2n) is 6.82. The summed E-state index contributed by atoms with van der Waals surface area (Å²) in [6, 6.07) is 0.0913. The number of nitrogens with zero attached hydrogens (tertiary/aromatic N) is 1. The molecule has 1 atom stereocenters. The van der Waals surface area contributed by atoms with Gasteiger partial charge in [0, 0.05) is 25.4 Å². The van der Waals surface area contributed by atoms with Crippen molar-refractivity contribution in [3.63, 3.8) is 0 Å². The second kappa shape index (κ2) is 12.6. The highest BCUT2D eigenvalue weighted by atomic mass is 32.2. The third kappa shape index (κ3) is 15.9. The van der Waals surface area contributed by atoms with Crippen molar-refractivity contribution in [1.29, 1.82) is 0 Å². The zero-order chi connectivity index (χ0) is 17.7. The molecule has 2 N–H and O–H groups in total. The Kier molecular flexibility index (Phi) is 12.2. The number of guanidine groups is 1. The summed E-state index contributed by atoms with van der Waals surface area (Å²) in [6.07, 6.45) is 8.10. The van der Waals surface area contributed by atoms with E-state index in [0.29, 0.717) is 6.42 Å². The minimum Gasteiger partial charge on any atom is -0.357 e. The smallest absolute Gasteiger partial charge is 0.191 e. The maximum absolute atomic E-state index is 11.2. The first-order chi connectivity index (χ1) is 10.7. The van der Waals surface area contributed by atoms with Crippen molar-refractivity contribution in [1.82, 2.24) is 10.6 Å². The van der Waals surface area contributed by atoms with Gasteiger partial charge in [0.05, 0.1) is 5.75 Å². The molecule has 0 aromatic carbocycles. The predicted molar refractivity (Wildman–Crippen MR) is 101 cm³/mol. The molecule has 0 amide bonds. The summed E-state index contributed by atoms with van der Waals surface area (Å²) in [7, 11) is -2.90. The van der Waals surface area contributed by atoms with E-state index in [2.05, 4.69) is 29.5 Å². The van der Waals surface area contributed by atoms with Crippen LogP contribution in [0.1, 0.15) is 66.2 Å². The zero-order valence-electron chi connectivity index (χ0n) is 15.7. The van der Waals surface area contributed by atoms with Crippen molar-refractivity contribution in [3.8, 4) is 0 Å². The van der Waals surface area contributed by atoms with Gasteiger partial charge in [-0.1, -0.05) is 39.5 Å². The van der Waals surface area contributed by atoms with Crippen molar-refractivity contribution >= 4 is 15.8 Å². The van der Waals surface area contributed by atoms with E-state index < -0.39 is 9.84 Å². The van der Waals surface area contributed by atoms with Crippen molar-refractivity contribution < 1.29 is 8.42 Å². The number of rotatable bonds is 12. The Morgan fingerprint density at radius 2 is 1.70 bits per heavy atom. The Balaban J connectivity index is 4.03. The van der Waals surface area contributed by atoms with E-state index in [9.17, 15) is 8.42 Å². The largest absolute Gasteiger partial charge is 0.357 e. The van der Waals surface area contributed by atoms with Crippen LogP contribution in [0.2, 0.25) is 0 Å². The Hall–Kier alpha value is -0.780. The lowest BCUT2D eigenvalue weighted by Crippen LogP contribution is -2.42. The lowest BCUT2D eigenvalue weighted by Gasteiger charge is -2.17. The molecule has 0 saturated heterocycles. The summed E-state index contributed by atoms with van der Waals surface area (Å²) in [5.41, 5.74) is 0. The third-order valence-corrected chi connectivity index (χ3v) is 4.59. The molecule has 1 unspecified atom stereocenters. The summed E-state index contributed by atoms with van der Waals surface area (Å²) < 4.78 is 22.4. The first-order valence-electron chi connectivity index (χ1n) is 8.97. The number of unbranched alkanes of at least 4 members (excludes halogenated alkanes) is 3. The number of sulfone groups is 1. The van der Waals surface area contributed by atoms with Crippen LogP contribution in [0.5, 0.6) is 0 Å². The Morgan fingerprint density at radius 3 is 2.26 bits per heavy atom. The van der Waals surface area contributed by atoms with Gasteiger partial charge in [0.2, 0.25) is 0 Å². The highest BCUT2D eigenvalue weighted by Crippen LogP contribution is 2.09. The van der Waals surface area contributed by atoms with E-state index >= 15 is 0 Å². The van der Waals surface area contributed by atoms with Gasteiger partial charge in [0.1, 0.15) is 9.84 Å². The molecule has 0 spiro atoms. The van der Waals surface area contributed by atoms with Crippen LogP contribution >= 0.6 is 0 Å². The van der Waals surface area contributed by atoms with E-state index in [1.54, 1.807) is 0 Å². The van der Waals surface area contributed by atoms with Crippen LogP contribution in [-0.4, -0.2) is 45.5 Å². The van der Waals surface area contributed by atoms with Gasteiger partial charge in [0.15, 0.2) is 5.96 Å². The average Bonchev–Trinajstić information content (AvgIpc) is 2.43. The molecule has 138 valence electrons. The van der Waals surface area contributed by atoms with Crippen LogP contribution in [0.15, 0.2) is 4.99 Å². The zero-order valence-corrected chi connectivity index (χ0v) is 16.5. The van der Waals surface area contributed by atoms with Gasteiger partial charge in [-0.25, -0.2) is 8.42 Å². The number of hydrogen-bond donors (Lipinski definition) is 2. The van der Waals surface area contributed by atoms with Gasteiger partial charge in [-0.15, -0.1) is 0 Å². The van der Waals surface area contributed by atoms with Crippen LogP contribution in [0.3, 0.4) is 0 Å². The fourth-order valence-electron chi connectivity index (χ4n) is 2.23. The molecule has 0 aliphatic heterocycles. The molecule has 0 aliphatic rings. The third-order valence-electron chi connectivity index (χ3n) is 3.61. The van der Waals surface area contributed by atoms with Gasteiger partial charge in [-0.2, -0.15) is 0 Å². The topological polar surface area (TPSA) is 70.6 Å². The van der Waals surface area contributed by atoms with E-state index in [0.717, 1.165) is 31.4 Å². The number of nitrogens with one attached hydrogen (secondary N) is 2. The summed E-state index contributed by atoms with van der Waals surface area (Å²) in [6.45, 7) is 10.2. The first-order valence-corrected chi connectivity index (χ1v) is 11.0. The van der Waals surface area contributed by atoms with Crippen molar-refractivity contribution in [2.24, 2.45) is 10.9 Å². The molecule has 0 aromatic heterocycles. The normalized spacial score (nSPS) is 14.1. The monoisotopic (exact) mass is 347 g/mol. The predicted octanol–water partition coefficient (Wildman–Crippen LogP) is 2.97. The fourth-order valence-corrected chi connectivity index (χ4v) is 3.01. The molecule has 0 fully saturated rings. The van der Waals surface area contributed by atoms with Gasteiger partial charge < -0.3 is 10.6 Å². The molecule has 23 heavy (non-hydrogen) atoms. The van der Waals surface area contributed by atoms with Crippen molar-refractivity contribution in [2.45, 2.75) is 72.3 Å². The lowest BCUT2D eigenvalue weighted by atomic mass is 10.0. The molecule has 0 bridgehead atoms. The lowest BCUT2D eigenvalue weighted by molar-refractivity contribution is 0.521. The number of aliphatic imine (C=N–C) groups is 1. The average molecular weight is 348 g/mol. The molecular formula is C17H37N3O2S. The molecule has 0 radical (unpaired) electrons. The molecular weight excluding hydrogens is 310 g/mol. The molecule has 0 aromatic rings. The summed E-state index contributed by atoms with van der Waals surface area (Å²) >= 11 is 0. The maximum atomic E-state index is 11.2. The van der Waals surface area contributed by atoms with Crippen LogP contribution < -0.4 is 10.6 Å². The highest BCUT2D eigenvalue weighted by molar-refractivity contribution is 7.90. The van der Waals surface area contributed by atoms with Gasteiger partial charge >= 0.3 is 0 Å². The molecule has 0 rings (SSSR count). The molecule has 0 heterocycles.